The number of aliphatic hydroxyl groups excluding tert-OH is 2. The molecule has 56 valence electrons. The predicted molar refractivity (Wildman–Crippen MR) is 44.3 cm³/mol. The van der Waals surface area contributed by atoms with Gasteiger partial charge in [0.15, 0.2) is 0 Å². The fourth-order valence-corrected chi connectivity index (χ4v) is 1.14. The molecule has 0 aliphatic carbocycles. The molecule has 2 atom stereocenters. The van der Waals surface area contributed by atoms with Crippen LogP contribution in [0.1, 0.15) is 6.42 Å². The highest BCUT2D eigenvalue weighted by molar-refractivity contribution is 7.81. The van der Waals surface area contributed by atoms with Gasteiger partial charge < -0.3 is 10.2 Å². The summed E-state index contributed by atoms with van der Waals surface area (Å²) in [4.78, 5) is 0. The molecule has 0 bridgehead atoms. The second-order valence-electron chi connectivity index (χ2n) is 1.91. The average Bonchev–Trinajstić information content (AvgIpc) is 1.87. The maximum atomic E-state index is 8.49. The first-order chi connectivity index (χ1) is 4.20. The minimum atomic E-state index is -0.0559. The van der Waals surface area contributed by atoms with Gasteiger partial charge in [-0.15, -0.1) is 0 Å². The van der Waals surface area contributed by atoms with Gasteiger partial charge in [0.1, 0.15) is 0 Å². The normalized spacial score (nSPS) is 17.3. The third-order valence-electron chi connectivity index (χ3n) is 0.966. The second kappa shape index (κ2) is 5.41. The summed E-state index contributed by atoms with van der Waals surface area (Å²) in [5.41, 5.74) is 0. The summed E-state index contributed by atoms with van der Waals surface area (Å²) < 4.78 is 0. The Morgan fingerprint density at radius 3 is 1.56 bits per heavy atom. The maximum absolute atomic E-state index is 8.49. The molecule has 4 heteroatoms. The molecule has 2 unspecified atom stereocenters. The number of thiol groups is 2. The van der Waals surface area contributed by atoms with Crippen LogP contribution in [-0.2, 0) is 0 Å². The Kier molecular flexibility index (Phi) is 5.78. The van der Waals surface area contributed by atoms with E-state index in [9.17, 15) is 0 Å². The van der Waals surface area contributed by atoms with Crippen molar-refractivity contribution in [2.24, 2.45) is 0 Å². The van der Waals surface area contributed by atoms with E-state index in [1.165, 1.54) is 0 Å². The summed E-state index contributed by atoms with van der Waals surface area (Å²) in [5, 5.41) is 16.9. The van der Waals surface area contributed by atoms with E-state index >= 15 is 0 Å². The molecule has 0 aliphatic heterocycles. The van der Waals surface area contributed by atoms with Crippen LogP contribution >= 0.6 is 25.3 Å². The van der Waals surface area contributed by atoms with E-state index in [-0.39, 0.29) is 23.7 Å². The van der Waals surface area contributed by atoms with Crippen molar-refractivity contribution < 1.29 is 10.2 Å². The molecule has 0 aromatic heterocycles. The minimum Gasteiger partial charge on any atom is -0.395 e. The molecule has 2 N–H and O–H groups in total. The SMILES string of the molecule is OCC(S)CC(S)CO. The zero-order valence-electron chi connectivity index (χ0n) is 5.06. The predicted octanol–water partition coefficient (Wildman–Crippen LogP) is -0.0421. The van der Waals surface area contributed by atoms with Gasteiger partial charge in [-0.25, -0.2) is 0 Å². The monoisotopic (exact) mass is 168 g/mol. The van der Waals surface area contributed by atoms with Gasteiger partial charge in [0, 0.05) is 10.5 Å². The fourth-order valence-electron chi connectivity index (χ4n) is 0.463. The first-order valence-corrected chi connectivity index (χ1v) is 3.81. The largest absolute Gasteiger partial charge is 0.395 e. The molecular weight excluding hydrogens is 156 g/mol. The van der Waals surface area contributed by atoms with E-state index < -0.39 is 0 Å². The van der Waals surface area contributed by atoms with Crippen LogP contribution in [0.15, 0.2) is 0 Å². The third kappa shape index (κ3) is 5.08. The molecule has 0 radical (unpaired) electrons. The lowest BCUT2D eigenvalue weighted by molar-refractivity contribution is 0.266. The zero-order valence-corrected chi connectivity index (χ0v) is 6.85. The van der Waals surface area contributed by atoms with Gasteiger partial charge in [-0.3, -0.25) is 0 Å². The lowest BCUT2D eigenvalue weighted by Crippen LogP contribution is -2.15. The van der Waals surface area contributed by atoms with E-state index in [2.05, 4.69) is 25.3 Å². The fraction of sp³-hybridized carbons (Fsp3) is 1.00. The topological polar surface area (TPSA) is 40.5 Å². The van der Waals surface area contributed by atoms with Crippen molar-refractivity contribution in [2.45, 2.75) is 16.9 Å². The van der Waals surface area contributed by atoms with Gasteiger partial charge in [0.2, 0.25) is 0 Å². The maximum Gasteiger partial charge on any atom is 0.0547 e. The Hall–Kier alpha value is 0.620. The van der Waals surface area contributed by atoms with Gasteiger partial charge in [-0.05, 0) is 6.42 Å². The first kappa shape index (κ1) is 9.62. The van der Waals surface area contributed by atoms with Crippen LogP contribution in [0, 0.1) is 0 Å². The van der Waals surface area contributed by atoms with Crippen molar-refractivity contribution in [2.75, 3.05) is 13.2 Å². The van der Waals surface area contributed by atoms with Gasteiger partial charge in [-0.1, -0.05) is 0 Å². The molecule has 0 rings (SSSR count). The summed E-state index contributed by atoms with van der Waals surface area (Å²) in [5.74, 6) is 0. The van der Waals surface area contributed by atoms with E-state index in [1.54, 1.807) is 0 Å². The van der Waals surface area contributed by atoms with Gasteiger partial charge >= 0.3 is 0 Å². The van der Waals surface area contributed by atoms with Crippen LogP contribution in [0.25, 0.3) is 0 Å². The highest BCUT2D eigenvalue weighted by Gasteiger charge is 2.06. The Bertz CT molecular complexity index is 62.0. The molecule has 0 amide bonds. The molecule has 0 saturated heterocycles. The second-order valence-corrected chi connectivity index (χ2v) is 3.37. The van der Waals surface area contributed by atoms with Crippen molar-refractivity contribution in [3.63, 3.8) is 0 Å². The zero-order chi connectivity index (χ0) is 7.28. The number of aliphatic hydroxyl groups is 2. The summed E-state index contributed by atoms with van der Waals surface area (Å²) in [7, 11) is 0. The average molecular weight is 168 g/mol. The molecule has 0 fully saturated rings. The molecule has 0 spiro atoms. The standard InChI is InChI=1S/C5H12O2S2/c6-2-4(8)1-5(9)3-7/h4-9H,1-3H2. The smallest absolute Gasteiger partial charge is 0.0547 e. The van der Waals surface area contributed by atoms with Crippen LogP contribution in [0.4, 0.5) is 0 Å². The highest BCUT2D eigenvalue weighted by atomic mass is 32.1. The van der Waals surface area contributed by atoms with E-state index in [0.717, 1.165) is 0 Å². The molecular formula is C5H12O2S2. The van der Waals surface area contributed by atoms with Crippen molar-refractivity contribution in [1.29, 1.82) is 0 Å². The Morgan fingerprint density at radius 1 is 1.00 bits per heavy atom. The molecule has 0 saturated carbocycles. The third-order valence-corrected chi connectivity index (χ3v) is 1.71. The number of rotatable bonds is 4. The summed E-state index contributed by atoms with van der Waals surface area (Å²) >= 11 is 8.03. The van der Waals surface area contributed by atoms with Crippen LogP contribution in [0.3, 0.4) is 0 Å². The van der Waals surface area contributed by atoms with Crippen molar-refractivity contribution >= 4 is 25.3 Å². The van der Waals surface area contributed by atoms with Gasteiger partial charge in [0.25, 0.3) is 0 Å². The molecule has 0 aliphatic rings. The quantitative estimate of drug-likeness (QED) is 0.445. The summed E-state index contributed by atoms with van der Waals surface area (Å²) in [6, 6.07) is 0. The van der Waals surface area contributed by atoms with Crippen molar-refractivity contribution in [3.05, 3.63) is 0 Å². The Morgan fingerprint density at radius 2 is 1.33 bits per heavy atom. The molecule has 2 nitrogen and oxygen atoms in total. The van der Waals surface area contributed by atoms with E-state index in [4.69, 9.17) is 10.2 Å². The van der Waals surface area contributed by atoms with Crippen molar-refractivity contribution in [3.8, 4) is 0 Å². The first-order valence-electron chi connectivity index (χ1n) is 2.78. The molecule has 0 aromatic carbocycles. The lowest BCUT2D eigenvalue weighted by atomic mass is 10.2. The molecule has 0 heterocycles. The summed E-state index contributed by atoms with van der Waals surface area (Å²) in [6.45, 7) is 0.0837. The number of hydrogen-bond donors (Lipinski definition) is 4. The summed E-state index contributed by atoms with van der Waals surface area (Å²) in [6.07, 6.45) is 0.638. The van der Waals surface area contributed by atoms with Crippen molar-refractivity contribution in [1.82, 2.24) is 0 Å². The molecule has 9 heavy (non-hydrogen) atoms. The highest BCUT2D eigenvalue weighted by Crippen LogP contribution is 2.08. The van der Waals surface area contributed by atoms with Gasteiger partial charge in [0.05, 0.1) is 13.2 Å². The van der Waals surface area contributed by atoms with E-state index in [0.29, 0.717) is 6.42 Å². The van der Waals surface area contributed by atoms with E-state index in [1.807, 2.05) is 0 Å². The Balaban J connectivity index is 3.22. The van der Waals surface area contributed by atoms with Crippen LogP contribution in [0.5, 0.6) is 0 Å². The van der Waals surface area contributed by atoms with Crippen LogP contribution in [-0.4, -0.2) is 33.9 Å². The van der Waals surface area contributed by atoms with Crippen LogP contribution in [0.2, 0.25) is 0 Å². The lowest BCUT2D eigenvalue weighted by Gasteiger charge is -2.10. The Labute approximate surface area is 66.1 Å². The molecule has 0 aromatic rings. The minimum absolute atomic E-state index is 0.0418. The van der Waals surface area contributed by atoms with Crippen LogP contribution < -0.4 is 0 Å². The van der Waals surface area contributed by atoms with Gasteiger partial charge in [-0.2, -0.15) is 25.3 Å². The number of hydrogen-bond acceptors (Lipinski definition) is 4.